The van der Waals surface area contributed by atoms with Gasteiger partial charge in [0, 0.05) is 6.20 Å². The molecule has 0 unspecified atom stereocenters. The number of rotatable bonds is 12. The van der Waals surface area contributed by atoms with Crippen LogP contribution in [0.1, 0.15) is 51.3 Å². The van der Waals surface area contributed by atoms with Gasteiger partial charge >= 0.3 is 5.97 Å². The molecule has 0 bridgehead atoms. The summed E-state index contributed by atoms with van der Waals surface area (Å²) in [7, 11) is 1.30. The summed E-state index contributed by atoms with van der Waals surface area (Å²) in [4.78, 5) is 31.6. The number of esters is 1. The summed E-state index contributed by atoms with van der Waals surface area (Å²) in [5.41, 5.74) is 1.41. The van der Waals surface area contributed by atoms with Gasteiger partial charge in [0.25, 0.3) is 5.56 Å². The highest BCUT2D eigenvalue weighted by molar-refractivity contribution is 7.07. The van der Waals surface area contributed by atoms with Crippen molar-refractivity contribution in [1.82, 2.24) is 4.57 Å². The Morgan fingerprint density at radius 1 is 0.925 bits per heavy atom. The lowest BCUT2D eigenvalue weighted by Gasteiger charge is -2.23. The molecule has 0 amide bonds. The molecule has 3 aromatic rings. The number of carbonyl (C=O) groups is 1. The van der Waals surface area contributed by atoms with Crippen molar-refractivity contribution < 1.29 is 28.5 Å². The van der Waals surface area contributed by atoms with Crippen molar-refractivity contribution >= 4 is 23.4 Å². The molecule has 40 heavy (non-hydrogen) atoms. The Bertz CT molecular complexity index is 1570. The Kier molecular flexibility index (Phi) is 9.65. The molecule has 4 rings (SSSR count). The van der Waals surface area contributed by atoms with Gasteiger partial charge in [-0.2, -0.15) is 0 Å². The van der Waals surface area contributed by atoms with Gasteiger partial charge in [0.1, 0.15) is 0 Å². The minimum absolute atomic E-state index is 0.240. The van der Waals surface area contributed by atoms with Crippen LogP contribution in [0.4, 0.5) is 0 Å². The molecule has 2 heterocycles. The van der Waals surface area contributed by atoms with E-state index in [1.807, 2.05) is 52.0 Å². The number of methoxy groups -OCH3 is 1. The molecule has 0 spiro atoms. The van der Waals surface area contributed by atoms with Gasteiger partial charge in [-0.1, -0.05) is 30.4 Å². The third-order valence-corrected chi connectivity index (χ3v) is 7.03. The first-order chi connectivity index (χ1) is 19.4. The molecule has 0 aliphatic carbocycles. The van der Waals surface area contributed by atoms with Gasteiger partial charge in [0.05, 0.1) is 49.7 Å². The monoisotopic (exact) mass is 566 g/mol. The van der Waals surface area contributed by atoms with Crippen molar-refractivity contribution in [1.29, 1.82) is 0 Å². The number of thiazole rings is 1. The molecule has 0 N–H and O–H groups in total. The second kappa shape index (κ2) is 13.3. The predicted molar refractivity (Wildman–Crippen MR) is 153 cm³/mol. The second-order valence-corrected chi connectivity index (χ2v) is 9.74. The number of hydrogen-bond donors (Lipinski definition) is 0. The molecule has 0 fully saturated rings. The van der Waals surface area contributed by atoms with Gasteiger partial charge in [0.15, 0.2) is 27.8 Å². The summed E-state index contributed by atoms with van der Waals surface area (Å²) < 4.78 is 30.1. The molecule has 0 saturated heterocycles. The van der Waals surface area contributed by atoms with Gasteiger partial charge < -0.3 is 23.7 Å². The Morgan fingerprint density at radius 3 is 2.25 bits per heavy atom. The van der Waals surface area contributed by atoms with Crippen molar-refractivity contribution in [3.8, 4) is 23.0 Å². The molecule has 1 atom stereocenters. The zero-order valence-corrected chi connectivity index (χ0v) is 24.2. The maximum atomic E-state index is 13.8. The van der Waals surface area contributed by atoms with Gasteiger partial charge in [-0.3, -0.25) is 9.36 Å². The van der Waals surface area contributed by atoms with Gasteiger partial charge in [-0.15, -0.1) is 0 Å². The van der Waals surface area contributed by atoms with Crippen molar-refractivity contribution in [2.75, 3.05) is 33.5 Å². The van der Waals surface area contributed by atoms with Gasteiger partial charge in [0.2, 0.25) is 0 Å². The molecule has 1 aliphatic heterocycles. The predicted octanol–water partition coefficient (Wildman–Crippen LogP) is 4.00. The summed E-state index contributed by atoms with van der Waals surface area (Å²) in [5, 5.41) is 0. The van der Waals surface area contributed by atoms with Crippen LogP contribution in [-0.2, 0) is 9.53 Å². The largest absolute Gasteiger partial charge is 0.490 e. The number of nitrogens with zero attached hydrogens (tertiary/aromatic N) is 2. The summed E-state index contributed by atoms with van der Waals surface area (Å²) in [6.45, 7) is 9.68. The Morgan fingerprint density at radius 2 is 1.57 bits per heavy atom. The average Bonchev–Trinajstić information content (AvgIpc) is 3.27. The highest BCUT2D eigenvalue weighted by Crippen LogP contribution is 2.35. The van der Waals surface area contributed by atoms with E-state index in [9.17, 15) is 9.59 Å². The number of benzene rings is 2. The fraction of sp³-hybridized carbons (Fsp3) is 0.367. The van der Waals surface area contributed by atoms with Crippen molar-refractivity contribution in [2.24, 2.45) is 4.99 Å². The molecular formula is C30H34N2O7S. The van der Waals surface area contributed by atoms with Crippen LogP contribution in [0.5, 0.6) is 23.0 Å². The second-order valence-electron chi connectivity index (χ2n) is 8.74. The molecule has 1 aliphatic rings. The fourth-order valence-electron chi connectivity index (χ4n) is 4.35. The van der Waals surface area contributed by atoms with E-state index in [0.29, 0.717) is 64.3 Å². The first-order valence-corrected chi connectivity index (χ1v) is 14.2. The third-order valence-electron chi connectivity index (χ3n) is 6.04. The average molecular weight is 567 g/mol. The van der Waals surface area contributed by atoms with Gasteiger partial charge in [-0.25, -0.2) is 9.79 Å². The van der Waals surface area contributed by atoms with Crippen LogP contribution in [0.2, 0.25) is 0 Å². The molecule has 0 radical (unpaired) electrons. The molecule has 10 heteroatoms. The van der Waals surface area contributed by atoms with Crippen LogP contribution >= 0.6 is 11.3 Å². The maximum Gasteiger partial charge on any atom is 0.337 e. The standard InChI is InChI=1S/C30H34N2O7S/c1-6-14-39-23-12-10-19(15-24(23)37-8-3)16-26-28(33)32-27(21(29(34)35-5)18-31-30(32)40-26)20-11-13-22(36-7-2)25(17-20)38-9-4/h10-13,15-18,27H,6-9,14H2,1-5H3/b26-16-/t27-/m1/s1. The van der Waals surface area contributed by atoms with E-state index >= 15 is 0 Å². The van der Waals surface area contributed by atoms with E-state index in [1.165, 1.54) is 29.2 Å². The Labute approximate surface area is 236 Å². The highest BCUT2D eigenvalue weighted by atomic mass is 32.1. The number of hydrogen-bond acceptors (Lipinski definition) is 9. The smallest absolute Gasteiger partial charge is 0.337 e. The van der Waals surface area contributed by atoms with Crippen LogP contribution in [0, 0.1) is 0 Å². The van der Waals surface area contributed by atoms with Crippen LogP contribution in [0.25, 0.3) is 6.08 Å². The molecular weight excluding hydrogens is 532 g/mol. The van der Waals surface area contributed by atoms with Gasteiger partial charge in [-0.05, 0) is 68.7 Å². The lowest BCUT2D eigenvalue weighted by Crippen LogP contribution is -2.39. The molecule has 212 valence electrons. The van der Waals surface area contributed by atoms with Crippen LogP contribution in [-0.4, -0.2) is 44.1 Å². The minimum atomic E-state index is -0.760. The number of carbonyl (C=O) groups excluding carboxylic acids is 1. The lowest BCUT2D eigenvalue weighted by molar-refractivity contribution is -0.136. The summed E-state index contributed by atoms with van der Waals surface area (Å²) in [5.74, 6) is 1.81. The van der Waals surface area contributed by atoms with Crippen molar-refractivity contribution in [2.45, 2.75) is 40.2 Å². The molecule has 2 aromatic carbocycles. The quantitative estimate of drug-likeness (QED) is 0.306. The lowest BCUT2D eigenvalue weighted by atomic mass is 9.97. The Balaban J connectivity index is 1.84. The summed E-state index contributed by atoms with van der Waals surface area (Å²) >= 11 is 1.24. The fourth-order valence-corrected chi connectivity index (χ4v) is 5.32. The van der Waals surface area contributed by atoms with E-state index in [1.54, 1.807) is 18.2 Å². The zero-order valence-electron chi connectivity index (χ0n) is 23.4. The number of ether oxygens (including phenoxy) is 5. The number of aromatic nitrogens is 1. The summed E-state index contributed by atoms with van der Waals surface area (Å²) in [6, 6.07) is 10.2. The minimum Gasteiger partial charge on any atom is -0.490 e. The van der Waals surface area contributed by atoms with Crippen molar-refractivity contribution in [3.05, 3.63) is 79.0 Å². The number of fused-ring (bicyclic) bond motifs is 1. The molecule has 9 nitrogen and oxygen atoms in total. The maximum absolute atomic E-state index is 13.8. The van der Waals surface area contributed by atoms with E-state index < -0.39 is 12.0 Å². The van der Waals surface area contributed by atoms with E-state index in [-0.39, 0.29) is 11.1 Å². The van der Waals surface area contributed by atoms with Crippen molar-refractivity contribution in [3.63, 3.8) is 0 Å². The van der Waals surface area contributed by atoms with E-state index in [4.69, 9.17) is 23.7 Å². The first-order valence-electron chi connectivity index (χ1n) is 13.3. The third kappa shape index (κ3) is 6.07. The van der Waals surface area contributed by atoms with Crippen LogP contribution in [0.3, 0.4) is 0 Å². The summed E-state index contributed by atoms with van der Waals surface area (Å²) in [6.07, 6.45) is 4.14. The highest BCUT2D eigenvalue weighted by Gasteiger charge is 2.31. The van der Waals surface area contributed by atoms with E-state index in [2.05, 4.69) is 4.99 Å². The van der Waals surface area contributed by atoms with Crippen LogP contribution < -0.4 is 33.8 Å². The van der Waals surface area contributed by atoms with E-state index in [0.717, 1.165) is 12.0 Å². The normalized spacial score (nSPS) is 14.6. The SMILES string of the molecule is CCCOc1ccc(/C=c2\sc3n(c2=O)[C@H](c2ccc(OCC)c(OCC)c2)C(C(=O)OC)=CN=3)cc1OCC. The Hall–Kier alpha value is -4.05. The van der Waals surface area contributed by atoms with Crippen LogP contribution in [0.15, 0.2) is 58.0 Å². The molecule has 1 aromatic heterocycles. The zero-order chi connectivity index (χ0) is 28.6. The molecule has 0 saturated carbocycles. The topological polar surface area (TPSA) is 97.6 Å². The first kappa shape index (κ1) is 28.9.